The number of nitrogens with one attached hydrogen (secondary N) is 1. The number of nitrogens with zero attached hydrogens (tertiary/aromatic N) is 4. The number of aromatic nitrogens is 3. The second kappa shape index (κ2) is 9.40. The quantitative estimate of drug-likeness (QED) is 0.194. The highest BCUT2D eigenvalue weighted by Gasteiger charge is 2.20. The van der Waals surface area contributed by atoms with Crippen LogP contribution in [-0.2, 0) is 4.79 Å². The number of para-hydroxylation sites is 1. The van der Waals surface area contributed by atoms with Crippen LogP contribution in [0.2, 0.25) is 0 Å². The zero-order valence-corrected chi connectivity index (χ0v) is 18.0. The lowest BCUT2D eigenvalue weighted by molar-refractivity contribution is -0.110. The van der Waals surface area contributed by atoms with Gasteiger partial charge in [0.1, 0.15) is 0 Å². The summed E-state index contributed by atoms with van der Waals surface area (Å²) >= 11 is 1.18. The van der Waals surface area contributed by atoms with Gasteiger partial charge >= 0.3 is 0 Å². The van der Waals surface area contributed by atoms with Crippen LogP contribution in [0.25, 0.3) is 17.1 Å². The summed E-state index contributed by atoms with van der Waals surface area (Å²) in [6.07, 6.45) is 0. The molecule has 0 saturated heterocycles. The van der Waals surface area contributed by atoms with Crippen molar-refractivity contribution in [2.75, 3.05) is 5.43 Å². The van der Waals surface area contributed by atoms with Gasteiger partial charge in [0.15, 0.2) is 16.7 Å². The van der Waals surface area contributed by atoms with E-state index in [0.29, 0.717) is 16.0 Å². The number of thioether (sulfide) groups is 1. The summed E-state index contributed by atoms with van der Waals surface area (Å²) in [5.74, 6) is 0.539. The molecule has 0 aliphatic carbocycles. The molecule has 3 aromatic carbocycles. The topological polar surface area (TPSA) is 72.2 Å². The number of ketones is 1. The van der Waals surface area contributed by atoms with Crippen molar-refractivity contribution in [3.05, 3.63) is 90.5 Å². The number of aryl methyl sites for hydroxylation is 1. The molecule has 1 N–H and O–H groups in total. The fourth-order valence-electron chi connectivity index (χ4n) is 2.92. The first-order valence-electron chi connectivity index (χ1n) is 9.77. The lowest BCUT2D eigenvalue weighted by Crippen LogP contribution is -2.10. The monoisotopic (exact) mass is 427 g/mol. The van der Waals surface area contributed by atoms with Gasteiger partial charge in [-0.15, -0.1) is 10.2 Å². The summed E-state index contributed by atoms with van der Waals surface area (Å²) in [4.78, 5) is 12.3. The summed E-state index contributed by atoms with van der Waals surface area (Å²) in [6.45, 7) is 3.51. The Hall–Kier alpha value is -3.71. The molecule has 154 valence electrons. The molecule has 0 spiro atoms. The summed E-state index contributed by atoms with van der Waals surface area (Å²) in [6, 6.07) is 27.5. The number of Topliss-reactive ketones (excluding diaryl/α,β-unsaturated/α-hetero) is 1. The molecule has 0 aliphatic heterocycles. The number of hydrogen-bond acceptors (Lipinski definition) is 6. The lowest BCUT2D eigenvalue weighted by Gasteiger charge is -2.10. The smallest absolute Gasteiger partial charge is 0.202 e. The molecule has 4 aromatic rings. The Kier molecular flexibility index (Phi) is 6.24. The lowest BCUT2D eigenvalue weighted by atomic mass is 10.2. The number of benzene rings is 3. The van der Waals surface area contributed by atoms with Crippen molar-refractivity contribution in [3.8, 4) is 17.1 Å². The van der Waals surface area contributed by atoms with Gasteiger partial charge < -0.3 is 0 Å². The predicted octanol–water partition coefficient (Wildman–Crippen LogP) is 5.35. The van der Waals surface area contributed by atoms with Gasteiger partial charge in [0.2, 0.25) is 5.16 Å². The van der Waals surface area contributed by atoms with Crippen molar-refractivity contribution in [2.24, 2.45) is 5.10 Å². The van der Waals surface area contributed by atoms with E-state index in [0.717, 1.165) is 22.5 Å². The summed E-state index contributed by atoms with van der Waals surface area (Å²) in [7, 11) is 0. The summed E-state index contributed by atoms with van der Waals surface area (Å²) in [5.41, 5.74) is 6.76. The molecule has 1 aromatic heterocycles. The Balaban J connectivity index is 1.71. The van der Waals surface area contributed by atoms with Crippen LogP contribution < -0.4 is 5.43 Å². The Morgan fingerprint density at radius 2 is 1.55 bits per heavy atom. The molecular weight excluding hydrogens is 406 g/mol. The standard InChI is InChI=1S/C24H21N5OS/c1-17-13-15-20(16-14-17)25-27-23(18(2)30)31-24-28-26-22(19-9-5-3-6-10-19)29(24)21-11-7-4-8-12-21/h3-16,25H,1-2H3/b27-23+. The van der Waals surface area contributed by atoms with Crippen LogP contribution in [0.5, 0.6) is 0 Å². The third-order valence-electron chi connectivity index (χ3n) is 4.51. The minimum Gasteiger partial charge on any atom is -0.292 e. The second-order valence-corrected chi connectivity index (χ2v) is 7.85. The van der Waals surface area contributed by atoms with Gasteiger partial charge in [-0.1, -0.05) is 66.2 Å². The van der Waals surface area contributed by atoms with E-state index in [1.807, 2.05) is 96.4 Å². The van der Waals surface area contributed by atoms with Crippen LogP contribution in [0.4, 0.5) is 5.69 Å². The first-order chi connectivity index (χ1) is 15.1. The SMILES string of the molecule is CC(=O)/C(=N\Nc1ccc(C)cc1)Sc1nnc(-c2ccccc2)n1-c1ccccc1. The highest BCUT2D eigenvalue weighted by Crippen LogP contribution is 2.28. The maximum atomic E-state index is 12.3. The fraction of sp³-hybridized carbons (Fsp3) is 0.0833. The number of hydrazone groups is 1. The third-order valence-corrected chi connectivity index (χ3v) is 5.53. The van der Waals surface area contributed by atoms with Crippen molar-refractivity contribution >= 4 is 28.3 Å². The van der Waals surface area contributed by atoms with Crippen molar-refractivity contribution in [2.45, 2.75) is 19.0 Å². The minimum atomic E-state index is -0.159. The summed E-state index contributed by atoms with van der Waals surface area (Å²) in [5, 5.41) is 14.0. The molecule has 0 fully saturated rings. The van der Waals surface area contributed by atoms with E-state index in [4.69, 9.17) is 0 Å². The van der Waals surface area contributed by atoms with Crippen LogP contribution in [0.1, 0.15) is 12.5 Å². The van der Waals surface area contributed by atoms with Crippen LogP contribution in [-0.4, -0.2) is 25.6 Å². The van der Waals surface area contributed by atoms with E-state index in [9.17, 15) is 4.79 Å². The fourth-order valence-corrected chi connectivity index (χ4v) is 3.70. The number of hydrogen-bond donors (Lipinski definition) is 1. The van der Waals surface area contributed by atoms with Crippen molar-refractivity contribution in [1.82, 2.24) is 14.8 Å². The van der Waals surface area contributed by atoms with Gasteiger partial charge in [0, 0.05) is 18.2 Å². The largest absolute Gasteiger partial charge is 0.292 e. The number of carbonyl (C=O) groups excluding carboxylic acids is 1. The van der Waals surface area contributed by atoms with Gasteiger partial charge in [0.25, 0.3) is 0 Å². The maximum absolute atomic E-state index is 12.3. The molecule has 7 heteroatoms. The van der Waals surface area contributed by atoms with E-state index in [2.05, 4.69) is 20.7 Å². The van der Waals surface area contributed by atoms with Crippen molar-refractivity contribution in [3.63, 3.8) is 0 Å². The highest BCUT2D eigenvalue weighted by atomic mass is 32.2. The molecule has 0 aliphatic rings. The number of anilines is 1. The average molecular weight is 428 g/mol. The van der Waals surface area contributed by atoms with Gasteiger partial charge in [-0.05, 0) is 43.0 Å². The van der Waals surface area contributed by atoms with Crippen molar-refractivity contribution in [1.29, 1.82) is 0 Å². The number of rotatable bonds is 6. The van der Waals surface area contributed by atoms with E-state index in [1.54, 1.807) is 0 Å². The normalized spacial score (nSPS) is 11.4. The van der Waals surface area contributed by atoms with E-state index in [-0.39, 0.29) is 5.78 Å². The Labute approximate surface area is 185 Å². The third kappa shape index (κ3) is 4.90. The minimum absolute atomic E-state index is 0.159. The summed E-state index contributed by atoms with van der Waals surface area (Å²) < 4.78 is 1.93. The van der Waals surface area contributed by atoms with Crippen molar-refractivity contribution < 1.29 is 4.79 Å². The molecule has 0 atom stereocenters. The maximum Gasteiger partial charge on any atom is 0.202 e. The Bertz CT molecular complexity index is 1200. The van der Waals surface area contributed by atoms with Gasteiger partial charge in [-0.3, -0.25) is 14.8 Å². The van der Waals surface area contributed by atoms with E-state index < -0.39 is 0 Å². The van der Waals surface area contributed by atoms with E-state index in [1.165, 1.54) is 18.7 Å². The predicted molar refractivity (Wildman–Crippen MR) is 126 cm³/mol. The zero-order valence-electron chi connectivity index (χ0n) is 17.2. The molecule has 6 nitrogen and oxygen atoms in total. The molecule has 1 heterocycles. The van der Waals surface area contributed by atoms with Gasteiger partial charge in [-0.25, -0.2) is 0 Å². The van der Waals surface area contributed by atoms with Crippen LogP contribution in [0, 0.1) is 6.92 Å². The Morgan fingerprint density at radius 1 is 0.903 bits per heavy atom. The molecule has 0 amide bonds. The second-order valence-electron chi connectivity index (χ2n) is 6.90. The molecule has 4 rings (SSSR count). The first-order valence-corrected chi connectivity index (χ1v) is 10.6. The van der Waals surface area contributed by atoms with Gasteiger partial charge in [-0.2, -0.15) is 5.10 Å². The zero-order chi connectivity index (χ0) is 21.6. The molecule has 0 saturated carbocycles. The molecular formula is C24H21N5OS. The molecule has 31 heavy (non-hydrogen) atoms. The number of carbonyl (C=O) groups is 1. The first kappa shape index (κ1) is 20.6. The van der Waals surface area contributed by atoms with Gasteiger partial charge in [0.05, 0.1) is 5.69 Å². The van der Waals surface area contributed by atoms with Crippen LogP contribution >= 0.6 is 11.8 Å². The average Bonchev–Trinajstić information content (AvgIpc) is 3.22. The molecule has 0 unspecified atom stereocenters. The van der Waals surface area contributed by atoms with Crippen LogP contribution in [0.15, 0.2) is 95.2 Å². The highest BCUT2D eigenvalue weighted by molar-refractivity contribution is 8.15. The Morgan fingerprint density at radius 3 is 2.19 bits per heavy atom. The van der Waals surface area contributed by atoms with Crippen LogP contribution in [0.3, 0.4) is 0 Å². The molecule has 0 bridgehead atoms. The molecule has 0 radical (unpaired) electrons. The van der Waals surface area contributed by atoms with E-state index >= 15 is 0 Å².